The van der Waals surface area contributed by atoms with Crippen LogP contribution >= 0.6 is 0 Å². The fourth-order valence-electron chi connectivity index (χ4n) is 3.52. The van der Waals surface area contributed by atoms with Crippen LogP contribution in [0.2, 0.25) is 0 Å². The predicted octanol–water partition coefficient (Wildman–Crippen LogP) is 3.75. The summed E-state index contributed by atoms with van der Waals surface area (Å²) in [5, 5.41) is 11.9. The Morgan fingerprint density at radius 3 is 2.30 bits per heavy atom. The van der Waals surface area contributed by atoms with E-state index in [1.807, 2.05) is 0 Å². The van der Waals surface area contributed by atoms with Crippen LogP contribution in [0.5, 0.6) is 0 Å². The molecule has 2 N–H and O–H groups in total. The Morgan fingerprint density at radius 2 is 1.63 bits per heavy atom. The molecule has 0 unspecified atom stereocenters. The molecule has 0 radical (unpaired) electrons. The summed E-state index contributed by atoms with van der Waals surface area (Å²) in [6.45, 7) is 3.58. The minimum absolute atomic E-state index is 0.135. The molecule has 0 atom stereocenters. The monoisotopic (exact) mass is 361 g/mol. The molecule has 1 heterocycles. The molecular weight excluding hydrogens is 346 g/mol. The summed E-state index contributed by atoms with van der Waals surface area (Å²) in [5.74, 6) is -1.02. The second-order valence-electron chi connectivity index (χ2n) is 6.56. The molecule has 0 aliphatic carbocycles. The number of nitrogens with two attached hydrogens (primary N) is 1. The van der Waals surface area contributed by atoms with Crippen LogP contribution < -0.4 is 10.6 Å². The van der Waals surface area contributed by atoms with Gasteiger partial charge < -0.3 is 5.73 Å². The first-order valence-corrected chi connectivity index (χ1v) is 8.27. The molecule has 3 aromatic rings. The third-order valence-corrected chi connectivity index (χ3v) is 4.91. The maximum Gasteiger partial charge on any atom is 0.277 e. The second kappa shape index (κ2) is 5.63. The largest absolute Gasteiger partial charge is 0.399 e. The minimum Gasteiger partial charge on any atom is -0.399 e. The quantitative estimate of drug-likeness (QED) is 0.324. The molecule has 1 aliphatic heterocycles. The predicted molar refractivity (Wildman–Crippen MR) is 102 cm³/mol. The number of hydrogen-bond acceptors (Lipinski definition) is 5. The van der Waals surface area contributed by atoms with Crippen molar-refractivity contribution in [1.82, 2.24) is 0 Å². The number of nitro groups is 1. The van der Waals surface area contributed by atoms with Crippen LogP contribution in [0.15, 0.2) is 42.5 Å². The van der Waals surface area contributed by atoms with E-state index in [0.29, 0.717) is 22.3 Å². The number of hydrogen-bond donors (Lipinski definition) is 1. The average molecular weight is 361 g/mol. The van der Waals surface area contributed by atoms with Crippen molar-refractivity contribution in [1.29, 1.82) is 0 Å². The van der Waals surface area contributed by atoms with E-state index in [2.05, 4.69) is 0 Å². The second-order valence-corrected chi connectivity index (χ2v) is 6.56. The third-order valence-electron chi connectivity index (χ3n) is 4.91. The van der Waals surface area contributed by atoms with Crippen LogP contribution in [-0.2, 0) is 0 Å². The van der Waals surface area contributed by atoms with Gasteiger partial charge in [0.1, 0.15) is 0 Å². The van der Waals surface area contributed by atoms with E-state index >= 15 is 0 Å². The summed E-state index contributed by atoms with van der Waals surface area (Å²) in [6, 6.07) is 10.8. The SMILES string of the molecule is Cc1cc(N2C(=O)c3cccc4c([N+](=O)[O-])ccc(c34)C2=O)c(C)cc1N. The molecule has 0 fully saturated rings. The number of nitrogens with zero attached hydrogens (tertiary/aromatic N) is 2. The van der Waals surface area contributed by atoms with Gasteiger partial charge in [-0.15, -0.1) is 0 Å². The fraction of sp³-hybridized carbons (Fsp3) is 0.100. The number of imide groups is 1. The van der Waals surface area contributed by atoms with E-state index < -0.39 is 16.7 Å². The summed E-state index contributed by atoms with van der Waals surface area (Å²) < 4.78 is 0. The van der Waals surface area contributed by atoms with E-state index in [0.717, 1.165) is 10.5 Å². The molecule has 0 saturated heterocycles. The van der Waals surface area contributed by atoms with Crippen molar-refractivity contribution in [2.45, 2.75) is 13.8 Å². The molecule has 3 aromatic carbocycles. The van der Waals surface area contributed by atoms with Crippen molar-refractivity contribution in [2.24, 2.45) is 0 Å². The Kier molecular flexibility index (Phi) is 3.49. The van der Waals surface area contributed by atoms with Crippen molar-refractivity contribution >= 4 is 39.6 Å². The van der Waals surface area contributed by atoms with Crippen molar-refractivity contribution in [3.8, 4) is 0 Å². The van der Waals surface area contributed by atoms with Gasteiger partial charge >= 0.3 is 0 Å². The number of rotatable bonds is 2. The lowest BCUT2D eigenvalue weighted by molar-refractivity contribution is -0.383. The maximum atomic E-state index is 13.1. The lowest BCUT2D eigenvalue weighted by Crippen LogP contribution is -2.41. The zero-order valence-corrected chi connectivity index (χ0v) is 14.6. The number of carbonyl (C=O) groups is 2. The molecule has 0 bridgehead atoms. The first kappa shape index (κ1) is 16.7. The molecule has 4 rings (SSSR count). The van der Waals surface area contributed by atoms with E-state index in [-0.39, 0.29) is 22.2 Å². The molecular formula is C20H15N3O4. The van der Waals surface area contributed by atoms with Crippen molar-refractivity contribution in [3.05, 3.63) is 74.8 Å². The lowest BCUT2D eigenvalue weighted by atomic mass is 9.92. The van der Waals surface area contributed by atoms with E-state index in [1.54, 1.807) is 44.2 Å². The highest BCUT2D eigenvalue weighted by Crippen LogP contribution is 2.38. The summed E-state index contributed by atoms with van der Waals surface area (Å²) >= 11 is 0. The maximum absolute atomic E-state index is 13.1. The Hall–Kier alpha value is -3.74. The number of nitrogen functional groups attached to an aromatic ring is 1. The topological polar surface area (TPSA) is 107 Å². The van der Waals surface area contributed by atoms with Crippen LogP contribution in [-0.4, -0.2) is 16.7 Å². The smallest absolute Gasteiger partial charge is 0.277 e. The van der Waals surface area contributed by atoms with Crippen molar-refractivity contribution < 1.29 is 14.5 Å². The molecule has 7 nitrogen and oxygen atoms in total. The molecule has 7 heteroatoms. The number of non-ortho nitro benzene ring substituents is 1. The normalized spacial score (nSPS) is 13.3. The van der Waals surface area contributed by atoms with Crippen LogP contribution in [0, 0.1) is 24.0 Å². The lowest BCUT2D eigenvalue weighted by Gasteiger charge is -2.28. The van der Waals surface area contributed by atoms with Gasteiger partial charge in [0.2, 0.25) is 0 Å². The Balaban J connectivity index is 2.01. The van der Waals surface area contributed by atoms with Crippen LogP contribution in [0.4, 0.5) is 17.1 Å². The standard InChI is InChI=1S/C20H15N3O4/c1-10-9-17(11(2)8-15(10)21)22-19(24)13-5-3-4-12-16(23(26)27)7-6-14(18(12)13)20(22)25/h3-9H,21H2,1-2H3. The van der Waals surface area contributed by atoms with Crippen LogP contribution in [0.1, 0.15) is 31.8 Å². The van der Waals surface area contributed by atoms with Crippen LogP contribution in [0.3, 0.4) is 0 Å². The van der Waals surface area contributed by atoms with E-state index in [4.69, 9.17) is 5.73 Å². The summed E-state index contributed by atoms with van der Waals surface area (Å²) in [7, 11) is 0. The first-order valence-electron chi connectivity index (χ1n) is 8.27. The van der Waals surface area contributed by atoms with Gasteiger partial charge in [-0.1, -0.05) is 6.07 Å². The van der Waals surface area contributed by atoms with Gasteiger partial charge in [-0.3, -0.25) is 19.7 Å². The van der Waals surface area contributed by atoms with Gasteiger partial charge in [0, 0.05) is 28.3 Å². The number of nitro benzene ring substituents is 1. The number of anilines is 2. The average Bonchev–Trinajstić information content (AvgIpc) is 2.63. The third kappa shape index (κ3) is 2.28. The molecule has 134 valence electrons. The fourth-order valence-corrected chi connectivity index (χ4v) is 3.52. The zero-order valence-electron chi connectivity index (χ0n) is 14.6. The van der Waals surface area contributed by atoms with Crippen molar-refractivity contribution in [2.75, 3.05) is 10.6 Å². The van der Waals surface area contributed by atoms with Gasteiger partial charge in [-0.25, -0.2) is 4.90 Å². The molecule has 0 aromatic heterocycles. The van der Waals surface area contributed by atoms with Gasteiger partial charge in [-0.2, -0.15) is 0 Å². The van der Waals surface area contributed by atoms with E-state index in [9.17, 15) is 19.7 Å². The summed E-state index contributed by atoms with van der Waals surface area (Å²) in [6.07, 6.45) is 0. The molecule has 1 aliphatic rings. The summed E-state index contributed by atoms with van der Waals surface area (Å²) in [4.78, 5) is 38.2. The highest BCUT2D eigenvalue weighted by atomic mass is 16.6. The zero-order chi connectivity index (χ0) is 19.5. The minimum atomic E-state index is -0.516. The number of aryl methyl sites for hydroxylation is 2. The Bertz CT molecular complexity index is 1160. The van der Waals surface area contributed by atoms with Crippen molar-refractivity contribution in [3.63, 3.8) is 0 Å². The molecule has 0 spiro atoms. The van der Waals surface area contributed by atoms with Crippen LogP contribution in [0.25, 0.3) is 10.8 Å². The Labute approximate surface area is 154 Å². The number of benzene rings is 3. The first-order chi connectivity index (χ1) is 12.8. The van der Waals surface area contributed by atoms with Gasteiger partial charge in [0.25, 0.3) is 17.5 Å². The van der Waals surface area contributed by atoms with Gasteiger partial charge in [-0.05, 0) is 55.3 Å². The highest BCUT2D eigenvalue weighted by molar-refractivity contribution is 6.36. The van der Waals surface area contributed by atoms with E-state index in [1.165, 1.54) is 12.1 Å². The molecule has 2 amide bonds. The van der Waals surface area contributed by atoms with Gasteiger partial charge in [0.15, 0.2) is 0 Å². The Morgan fingerprint density at radius 1 is 0.963 bits per heavy atom. The van der Waals surface area contributed by atoms with Gasteiger partial charge in [0.05, 0.1) is 16.0 Å². The number of amides is 2. The molecule has 0 saturated carbocycles. The number of carbonyl (C=O) groups excluding carboxylic acids is 2. The molecule has 27 heavy (non-hydrogen) atoms. The summed E-state index contributed by atoms with van der Waals surface area (Å²) in [5.41, 5.74) is 8.79. The highest BCUT2D eigenvalue weighted by Gasteiger charge is 2.36.